The fourth-order valence-electron chi connectivity index (χ4n) is 2.22. The molecule has 3 heteroatoms. The molecule has 1 aromatic rings. The minimum absolute atomic E-state index is 0.921. The number of hydrogen-bond donors (Lipinski definition) is 1. The number of hydrogen-bond acceptors (Lipinski definition) is 3. The summed E-state index contributed by atoms with van der Waals surface area (Å²) < 4.78 is 5.03. The summed E-state index contributed by atoms with van der Waals surface area (Å²) in [5.74, 6) is 0. The van der Waals surface area contributed by atoms with E-state index in [9.17, 15) is 0 Å². The molecule has 0 spiro atoms. The molecule has 1 fully saturated rings. The Morgan fingerprint density at radius 1 is 1.19 bits per heavy atom. The summed E-state index contributed by atoms with van der Waals surface area (Å²) in [5, 5.41) is 3.45. The van der Waals surface area contributed by atoms with Crippen molar-refractivity contribution in [3.8, 4) is 0 Å². The smallest absolute Gasteiger partial charge is 0.0947 e. The third kappa shape index (κ3) is 3.99. The molecule has 2 heterocycles. The van der Waals surface area contributed by atoms with E-state index in [4.69, 9.17) is 4.42 Å². The molecule has 0 unspecified atom stereocenters. The molecule has 1 aliphatic rings. The van der Waals surface area contributed by atoms with Crippen LogP contribution in [0, 0.1) is 0 Å². The van der Waals surface area contributed by atoms with Crippen LogP contribution in [0.1, 0.15) is 31.2 Å². The molecular weight excluding hydrogens is 200 g/mol. The van der Waals surface area contributed by atoms with Gasteiger partial charge >= 0.3 is 0 Å². The minimum Gasteiger partial charge on any atom is -0.472 e. The minimum atomic E-state index is 0.921. The average Bonchev–Trinajstić information content (AvgIpc) is 2.68. The second-order valence-corrected chi connectivity index (χ2v) is 4.56. The van der Waals surface area contributed by atoms with Gasteiger partial charge in [-0.1, -0.05) is 12.8 Å². The molecule has 0 saturated carbocycles. The first-order valence-corrected chi connectivity index (χ1v) is 6.39. The highest BCUT2D eigenvalue weighted by atomic mass is 16.3. The van der Waals surface area contributed by atoms with Crippen molar-refractivity contribution in [2.45, 2.75) is 32.2 Å². The third-order valence-corrected chi connectivity index (χ3v) is 3.21. The predicted molar refractivity (Wildman–Crippen MR) is 65.3 cm³/mol. The van der Waals surface area contributed by atoms with Gasteiger partial charge in [-0.25, -0.2) is 0 Å². The van der Waals surface area contributed by atoms with Gasteiger partial charge in [0.05, 0.1) is 12.5 Å². The Balaban J connectivity index is 1.56. The second-order valence-electron chi connectivity index (χ2n) is 4.56. The summed E-state index contributed by atoms with van der Waals surface area (Å²) in [6, 6.07) is 2.01. The van der Waals surface area contributed by atoms with Gasteiger partial charge in [-0.2, -0.15) is 0 Å². The number of furan rings is 1. The lowest BCUT2D eigenvalue weighted by Gasteiger charge is -2.19. The summed E-state index contributed by atoms with van der Waals surface area (Å²) in [5.41, 5.74) is 1.23. The maximum atomic E-state index is 5.03. The van der Waals surface area contributed by atoms with E-state index in [1.807, 2.05) is 6.07 Å². The molecule has 1 aromatic heterocycles. The van der Waals surface area contributed by atoms with Crippen LogP contribution in [0.3, 0.4) is 0 Å². The standard InChI is InChI=1S/C13H22N2O/c1-2-4-8-15(7-3-1)9-6-14-11-13-5-10-16-12-13/h5,10,12,14H,1-4,6-9,11H2. The SMILES string of the molecule is c1cc(CNCCN2CCCCCC2)co1. The first kappa shape index (κ1) is 11.7. The normalized spacial score (nSPS) is 18.5. The van der Waals surface area contributed by atoms with Crippen molar-refractivity contribution in [1.82, 2.24) is 10.2 Å². The van der Waals surface area contributed by atoms with Gasteiger partial charge in [-0.05, 0) is 32.0 Å². The van der Waals surface area contributed by atoms with E-state index >= 15 is 0 Å². The van der Waals surface area contributed by atoms with E-state index in [0.29, 0.717) is 0 Å². The number of likely N-dealkylation sites (tertiary alicyclic amines) is 1. The van der Waals surface area contributed by atoms with Gasteiger partial charge in [0.1, 0.15) is 0 Å². The zero-order chi connectivity index (χ0) is 11.1. The van der Waals surface area contributed by atoms with Gasteiger partial charge in [0, 0.05) is 25.2 Å². The largest absolute Gasteiger partial charge is 0.472 e. The summed E-state index contributed by atoms with van der Waals surface area (Å²) >= 11 is 0. The third-order valence-electron chi connectivity index (χ3n) is 3.21. The van der Waals surface area contributed by atoms with Crippen molar-refractivity contribution in [1.29, 1.82) is 0 Å². The number of nitrogens with one attached hydrogen (secondary N) is 1. The average molecular weight is 222 g/mol. The number of rotatable bonds is 5. The first-order chi connectivity index (χ1) is 7.95. The van der Waals surface area contributed by atoms with Crippen LogP contribution < -0.4 is 5.32 Å². The second kappa shape index (κ2) is 6.71. The van der Waals surface area contributed by atoms with Gasteiger partial charge in [-0.15, -0.1) is 0 Å². The summed E-state index contributed by atoms with van der Waals surface area (Å²) in [6.07, 6.45) is 9.12. The van der Waals surface area contributed by atoms with E-state index in [-0.39, 0.29) is 0 Å². The molecule has 2 rings (SSSR count). The lowest BCUT2D eigenvalue weighted by atomic mass is 10.2. The Bertz CT molecular complexity index is 263. The van der Waals surface area contributed by atoms with Gasteiger partial charge < -0.3 is 14.6 Å². The molecule has 0 radical (unpaired) electrons. The molecule has 0 atom stereocenters. The highest BCUT2D eigenvalue weighted by molar-refractivity contribution is 5.04. The molecule has 1 N–H and O–H groups in total. The summed E-state index contributed by atoms with van der Waals surface area (Å²) in [6.45, 7) is 5.74. The Kier molecular flexibility index (Phi) is 4.90. The van der Waals surface area contributed by atoms with Crippen LogP contribution in [-0.2, 0) is 6.54 Å². The van der Waals surface area contributed by atoms with Crippen molar-refractivity contribution < 1.29 is 4.42 Å². The molecular formula is C13H22N2O. The van der Waals surface area contributed by atoms with Crippen LogP contribution in [-0.4, -0.2) is 31.1 Å². The van der Waals surface area contributed by atoms with E-state index in [1.165, 1.54) is 50.9 Å². The van der Waals surface area contributed by atoms with Gasteiger partial charge in [0.25, 0.3) is 0 Å². The van der Waals surface area contributed by atoms with Crippen molar-refractivity contribution >= 4 is 0 Å². The first-order valence-electron chi connectivity index (χ1n) is 6.39. The Labute approximate surface area is 97.8 Å². The molecule has 90 valence electrons. The van der Waals surface area contributed by atoms with Crippen molar-refractivity contribution in [3.05, 3.63) is 24.2 Å². The molecule has 0 aromatic carbocycles. The van der Waals surface area contributed by atoms with E-state index in [0.717, 1.165) is 13.1 Å². The lowest BCUT2D eigenvalue weighted by molar-refractivity contribution is 0.284. The highest BCUT2D eigenvalue weighted by Gasteiger charge is 2.07. The zero-order valence-electron chi connectivity index (χ0n) is 9.95. The summed E-state index contributed by atoms with van der Waals surface area (Å²) in [7, 11) is 0. The van der Waals surface area contributed by atoms with Crippen LogP contribution in [0.15, 0.2) is 23.0 Å². The number of nitrogens with zero attached hydrogens (tertiary/aromatic N) is 1. The quantitative estimate of drug-likeness (QED) is 0.775. The van der Waals surface area contributed by atoms with Gasteiger partial charge in [0.15, 0.2) is 0 Å². The van der Waals surface area contributed by atoms with Crippen LogP contribution in [0.25, 0.3) is 0 Å². The maximum Gasteiger partial charge on any atom is 0.0947 e. The lowest BCUT2D eigenvalue weighted by Crippen LogP contribution is -2.32. The highest BCUT2D eigenvalue weighted by Crippen LogP contribution is 2.08. The fraction of sp³-hybridized carbons (Fsp3) is 0.692. The Morgan fingerprint density at radius 2 is 2.00 bits per heavy atom. The van der Waals surface area contributed by atoms with Crippen LogP contribution >= 0.6 is 0 Å². The predicted octanol–water partition coefficient (Wildman–Crippen LogP) is 2.25. The maximum absolute atomic E-state index is 5.03. The van der Waals surface area contributed by atoms with Crippen molar-refractivity contribution in [2.75, 3.05) is 26.2 Å². The fourth-order valence-corrected chi connectivity index (χ4v) is 2.22. The van der Waals surface area contributed by atoms with Crippen LogP contribution in [0.4, 0.5) is 0 Å². The molecule has 0 amide bonds. The molecule has 0 bridgehead atoms. The molecule has 3 nitrogen and oxygen atoms in total. The van der Waals surface area contributed by atoms with E-state index in [2.05, 4.69) is 10.2 Å². The van der Waals surface area contributed by atoms with E-state index < -0.39 is 0 Å². The molecule has 1 saturated heterocycles. The Hall–Kier alpha value is -0.800. The Morgan fingerprint density at radius 3 is 2.69 bits per heavy atom. The summed E-state index contributed by atoms with van der Waals surface area (Å²) in [4.78, 5) is 2.58. The van der Waals surface area contributed by atoms with Crippen molar-refractivity contribution in [3.63, 3.8) is 0 Å². The zero-order valence-corrected chi connectivity index (χ0v) is 9.95. The molecule has 16 heavy (non-hydrogen) atoms. The van der Waals surface area contributed by atoms with Crippen LogP contribution in [0.2, 0.25) is 0 Å². The molecule has 1 aliphatic heterocycles. The topological polar surface area (TPSA) is 28.4 Å². The van der Waals surface area contributed by atoms with E-state index in [1.54, 1.807) is 12.5 Å². The van der Waals surface area contributed by atoms with Crippen molar-refractivity contribution in [2.24, 2.45) is 0 Å². The van der Waals surface area contributed by atoms with Gasteiger partial charge in [-0.3, -0.25) is 0 Å². The monoisotopic (exact) mass is 222 g/mol. The van der Waals surface area contributed by atoms with Gasteiger partial charge in [0.2, 0.25) is 0 Å². The molecule has 0 aliphatic carbocycles. The van der Waals surface area contributed by atoms with Crippen LogP contribution in [0.5, 0.6) is 0 Å².